The Morgan fingerprint density at radius 3 is 2.52 bits per heavy atom. The molecule has 2 aromatic carbocycles. The van der Waals surface area contributed by atoms with Gasteiger partial charge in [0.05, 0.1) is 29.8 Å². The molecule has 1 amide bonds. The molecule has 1 saturated heterocycles. The molecule has 1 fully saturated rings. The first kappa shape index (κ1) is 18.2. The van der Waals surface area contributed by atoms with Crippen LogP contribution in [-0.4, -0.2) is 43.7 Å². The summed E-state index contributed by atoms with van der Waals surface area (Å²) in [6, 6.07) is 15.2. The van der Waals surface area contributed by atoms with Gasteiger partial charge in [-0.25, -0.2) is 0 Å². The molecule has 1 aliphatic rings. The monoisotopic (exact) mass is 378 g/mol. The zero-order chi connectivity index (χ0) is 17.6. The summed E-state index contributed by atoms with van der Waals surface area (Å²) in [4.78, 5) is 14.8. The van der Waals surface area contributed by atoms with E-state index in [9.17, 15) is 4.79 Å². The Hall–Kier alpha value is -1.59. The standard InChI is InChI=1S/C19H20Cl2N2O2/c20-15-6-7-16(17(21)12-15)19(24)22-13-18(14-4-2-1-3-5-14)23-8-10-25-11-9-23/h1-7,12,18H,8-11,13H2,(H,22,24). The van der Waals surface area contributed by atoms with Crippen LogP contribution in [0.1, 0.15) is 22.0 Å². The van der Waals surface area contributed by atoms with Crippen LogP contribution in [0.25, 0.3) is 0 Å². The van der Waals surface area contributed by atoms with Crippen molar-refractivity contribution in [3.63, 3.8) is 0 Å². The quantitative estimate of drug-likeness (QED) is 0.860. The van der Waals surface area contributed by atoms with Crippen molar-refractivity contribution in [3.8, 4) is 0 Å². The lowest BCUT2D eigenvalue weighted by atomic mass is 10.0. The van der Waals surface area contributed by atoms with Crippen molar-refractivity contribution in [1.29, 1.82) is 0 Å². The topological polar surface area (TPSA) is 41.6 Å². The molecule has 0 aliphatic carbocycles. The van der Waals surface area contributed by atoms with E-state index in [1.807, 2.05) is 18.2 Å². The van der Waals surface area contributed by atoms with Gasteiger partial charge < -0.3 is 10.1 Å². The Balaban J connectivity index is 1.72. The molecule has 0 aromatic heterocycles. The molecular formula is C19H20Cl2N2O2. The summed E-state index contributed by atoms with van der Waals surface area (Å²) in [6.07, 6.45) is 0. The Morgan fingerprint density at radius 1 is 1.12 bits per heavy atom. The first-order chi connectivity index (χ1) is 12.1. The lowest BCUT2D eigenvalue weighted by Crippen LogP contribution is -2.43. The highest BCUT2D eigenvalue weighted by atomic mass is 35.5. The van der Waals surface area contributed by atoms with Crippen LogP contribution in [0.3, 0.4) is 0 Å². The van der Waals surface area contributed by atoms with Gasteiger partial charge in [-0.3, -0.25) is 9.69 Å². The molecular weight excluding hydrogens is 359 g/mol. The fourth-order valence-corrected chi connectivity index (χ4v) is 3.47. The average Bonchev–Trinajstić information content (AvgIpc) is 2.63. The molecule has 0 bridgehead atoms. The zero-order valence-corrected chi connectivity index (χ0v) is 15.3. The van der Waals surface area contributed by atoms with Gasteiger partial charge in [0.1, 0.15) is 0 Å². The third-order valence-electron chi connectivity index (χ3n) is 4.30. The van der Waals surface area contributed by atoms with E-state index in [0.29, 0.717) is 35.4 Å². The number of hydrogen-bond acceptors (Lipinski definition) is 3. The van der Waals surface area contributed by atoms with E-state index in [4.69, 9.17) is 27.9 Å². The smallest absolute Gasteiger partial charge is 0.252 e. The number of nitrogens with one attached hydrogen (secondary N) is 1. The van der Waals surface area contributed by atoms with Crippen molar-refractivity contribution in [2.45, 2.75) is 6.04 Å². The van der Waals surface area contributed by atoms with Gasteiger partial charge in [0, 0.05) is 24.7 Å². The summed E-state index contributed by atoms with van der Waals surface area (Å²) < 4.78 is 5.45. The van der Waals surface area contributed by atoms with Crippen molar-refractivity contribution < 1.29 is 9.53 Å². The number of morpholine rings is 1. The first-order valence-electron chi connectivity index (χ1n) is 8.25. The maximum Gasteiger partial charge on any atom is 0.252 e. The van der Waals surface area contributed by atoms with Crippen LogP contribution in [0.15, 0.2) is 48.5 Å². The van der Waals surface area contributed by atoms with E-state index in [-0.39, 0.29) is 11.9 Å². The summed E-state index contributed by atoms with van der Waals surface area (Å²) in [6.45, 7) is 3.61. The number of carbonyl (C=O) groups excluding carboxylic acids is 1. The number of nitrogens with zero attached hydrogens (tertiary/aromatic N) is 1. The molecule has 6 heteroatoms. The van der Waals surface area contributed by atoms with Gasteiger partial charge in [0.15, 0.2) is 0 Å². The molecule has 1 unspecified atom stereocenters. The molecule has 1 N–H and O–H groups in total. The largest absolute Gasteiger partial charge is 0.379 e. The van der Waals surface area contributed by atoms with E-state index in [1.165, 1.54) is 5.56 Å². The van der Waals surface area contributed by atoms with Crippen molar-refractivity contribution >= 4 is 29.1 Å². The first-order valence-corrected chi connectivity index (χ1v) is 9.01. The fraction of sp³-hybridized carbons (Fsp3) is 0.316. The van der Waals surface area contributed by atoms with Gasteiger partial charge in [-0.05, 0) is 23.8 Å². The molecule has 1 aliphatic heterocycles. The SMILES string of the molecule is O=C(NCC(c1ccccc1)N1CCOCC1)c1ccc(Cl)cc1Cl. The number of hydrogen-bond donors (Lipinski definition) is 1. The molecule has 0 radical (unpaired) electrons. The van der Waals surface area contributed by atoms with Crippen LogP contribution in [0.4, 0.5) is 0 Å². The number of benzene rings is 2. The normalized spacial score (nSPS) is 16.4. The second-order valence-electron chi connectivity index (χ2n) is 5.91. The summed E-state index contributed by atoms with van der Waals surface area (Å²) in [5, 5.41) is 3.87. The summed E-state index contributed by atoms with van der Waals surface area (Å²) in [5.74, 6) is -0.198. The van der Waals surface area contributed by atoms with E-state index in [2.05, 4.69) is 22.3 Å². The predicted octanol–water partition coefficient (Wildman–Crippen LogP) is 3.80. The van der Waals surface area contributed by atoms with Gasteiger partial charge >= 0.3 is 0 Å². The number of ether oxygens (including phenoxy) is 1. The van der Waals surface area contributed by atoms with Gasteiger partial charge in [-0.1, -0.05) is 53.5 Å². The zero-order valence-electron chi connectivity index (χ0n) is 13.8. The molecule has 1 heterocycles. The van der Waals surface area contributed by atoms with Crippen LogP contribution in [-0.2, 0) is 4.74 Å². The van der Waals surface area contributed by atoms with E-state index >= 15 is 0 Å². The number of amides is 1. The van der Waals surface area contributed by atoms with Gasteiger partial charge in [-0.15, -0.1) is 0 Å². The van der Waals surface area contributed by atoms with Gasteiger partial charge in [0.2, 0.25) is 0 Å². The van der Waals surface area contributed by atoms with Crippen molar-refractivity contribution in [3.05, 3.63) is 69.7 Å². The van der Waals surface area contributed by atoms with Crippen LogP contribution in [0.2, 0.25) is 10.0 Å². The van der Waals surface area contributed by atoms with Crippen LogP contribution >= 0.6 is 23.2 Å². The van der Waals surface area contributed by atoms with E-state index in [0.717, 1.165) is 13.1 Å². The summed E-state index contributed by atoms with van der Waals surface area (Å²) in [5.41, 5.74) is 1.60. The highest BCUT2D eigenvalue weighted by molar-refractivity contribution is 6.36. The van der Waals surface area contributed by atoms with Gasteiger partial charge in [0.25, 0.3) is 5.91 Å². The summed E-state index contributed by atoms with van der Waals surface area (Å²) in [7, 11) is 0. The third-order valence-corrected chi connectivity index (χ3v) is 4.85. The molecule has 132 valence electrons. The Labute approximate surface area is 157 Å². The Kier molecular flexibility index (Phi) is 6.32. The van der Waals surface area contributed by atoms with E-state index < -0.39 is 0 Å². The van der Waals surface area contributed by atoms with Gasteiger partial charge in [-0.2, -0.15) is 0 Å². The fourth-order valence-electron chi connectivity index (χ4n) is 2.98. The molecule has 25 heavy (non-hydrogen) atoms. The summed E-state index contributed by atoms with van der Waals surface area (Å²) >= 11 is 12.0. The molecule has 2 aromatic rings. The molecule has 0 saturated carbocycles. The lowest BCUT2D eigenvalue weighted by molar-refractivity contribution is 0.0162. The predicted molar refractivity (Wildman–Crippen MR) is 100 cm³/mol. The Bertz CT molecular complexity index is 719. The third kappa shape index (κ3) is 4.73. The number of rotatable bonds is 5. The van der Waals surface area contributed by atoms with E-state index in [1.54, 1.807) is 18.2 Å². The Morgan fingerprint density at radius 2 is 1.84 bits per heavy atom. The molecule has 0 spiro atoms. The molecule has 3 rings (SSSR count). The highest BCUT2D eigenvalue weighted by Crippen LogP contribution is 2.23. The maximum atomic E-state index is 12.5. The van der Waals surface area contributed by atoms with Crippen molar-refractivity contribution in [2.24, 2.45) is 0 Å². The lowest BCUT2D eigenvalue weighted by Gasteiger charge is -2.35. The molecule has 1 atom stereocenters. The van der Waals surface area contributed by atoms with Crippen LogP contribution in [0.5, 0.6) is 0 Å². The van der Waals surface area contributed by atoms with Crippen LogP contribution in [0, 0.1) is 0 Å². The second-order valence-corrected chi connectivity index (χ2v) is 6.75. The minimum atomic E-state index is -0.198. The minimum absolute atomic E-state index is 0.0973. The number of carbonyl (C=O) groups is 1. The van der Waals surface area contributed by atoms with Crippen molar-refractivity contribution in [2.75, 3.05) is 32.8 Å². The molecule has 4 nitrogen and oxygen atoms in total. The maximum absolute atomic E-state index is 12.5. The number of halogens is 2. The average molecular weight is 379 g/mol. The van der Waals surface area contributed by atoms with Crippen LogP contribution < -0.4 is 5.32 Å². The highest BCUT2D eigenvalue weighted by Gasteiger charge is 2.23. The second kappa shape index (κ2) is 8.68. The van der Waals surface area contributed by atoms with Crippen molar-refractivity contribution in [1.82, 2.24) is 10.2 Å². The minimum Gasteiger partial charge on any atom is -0.379 e.